The van der Waals surface area contributed by atoms with Crippen LogP contribution in [0.15, 0.2) is 18.2 Å². The van der Waals surface area contributed by atoms with E-state index >= 15 is 0 Å². The van der Waals surface area contributed by atoms with Gasteiger partial charge in [0, 0.05) is 6.07 Å². The third-order valence-electron chi connectivity index (χ3n) is 2.89. The summed E-state index contributed by atoms with van der Waals surface area (Å²) in [6.07, 6.45) is -5.06. The zero-order valence-electron chi connectivity index (χ0n) is 11.6. The molecule has 2 rings (SSSR count). The lowest BCUT2D eigenvalue weighted by atomic mass is 10.1. The number of halogens is 3. The van der Waals surface area contributed by atoms with Crippen LogP contribution in [0.1, 0.15) is 12.6 Å². The number of esters is 1. The summed E-state index contributed by atoms with van der Waals surface area (Å²) in [6, 6.07) is 3.32. The van der Waals surface area contributed by atoms with Gasteiger partial charge in [0.05, 0.1) is 19.7 Å². The first-order valence-corrected chi connectivity index (χ1v) is 6.48. The van der Waals surface area contributed by atoms with Gasteiger partial charge in [-0.1, -0.05) is 6.07 Å². The summed E-state index contributed by atoms with van der Waals surface area (Å²) in [5.74, 6) is -1.93. The molecule has 0 spiro atoms. The number of aromatic nitrogens is 1. The predicted molar refractivity (Wildman–Crippen MR) is 66.9 cm³/mol. The number of likely N-dealkylation sites (tertiary alicyclic amines) is 1. The molecule has 1 aromatic heterocycles. The van der Waals surface area contributed by atoms with E-state index in [-0.39, 0.29) is 25.6 Å². The second-order valence-electron chi connectivity index (χ2n) is 4.53. The SMILES string of the molecule is CCOC(=O)C(=O)N1CC(Oc2cccc(C(F)(F)F)n2)C1. The van der Waals surface area contributed by atoms with Gasteiger partial charge in [0.2, 0.25) is 5.88 Å². The van der Waals surface area contributed by atoms with Gasteiger partial charge in [-0.3, -0.25) is 4.79 Å². The zero-order valence-corrected chi connectivity index (χ0v) is 11.6. The smallest absolute Gasteiger partial charge is 0.433 e. The molecule has 22 heavy (non-hydrogen) atoms. The monoisotopic (exact) mass is 318 g/mol. The van der Waals surface area contributed by atoms with Gasteiger partial charge in [0.25, 0.3) is 0 Å². The maximum absolute atomic E-state index is 12.5. The Morgan fingerprint density at radius 1 is 1.36 bits per heavy atom. The van der Waals surface area contributed by atoms with Gasteiger partial charge in [0.1, 0.15) is 11.8 Å². The highest BCUT2D eigenvalue weighted by atomic mass is 19.4. The lowest BCUT2D eigenvalue weighted by Crippen LogP contribution is -2.58. The Hall–Kier alpha value is -2.32. The summed E-state index contributed by atoms with van der Waals surface area (Å²) in [6.45, 7) is 1.85. The molecule has 0 radical (unpaired) electrons. The molecule has 9 heteroatoms. The number of alkyl halides is 3. The number of ether oxygens (including phenoxy) is 2. The van der Waals surface area contributed by atoms with Crippen LogP contribution in [0.3, 0.4) is 0 Å². The molecule has 2 heterocycles. The van der Waals surface area contributed by atoms with Gasteiger partial charge in [-0.25, -0.2) is 9.78 Å². The van der Waals surface area contributed by atoms with Crippen molar-refractivity contribution < 1.29 is 32.2 Å². The molecule has 120 valence electrons. The standard InChI is InChI=1S/C13H13F3N2O4/c1-2-21-12(20)11(19)18-6-8(7-18)22-10-5-3-4-9(17-10)13(14,15)16/h3-5,8H,2,6-7H2,1H3. The van der Waals surface area contributed by atoms with Crippen molar-refractivity contribution in [3.05, 3.63) is 23.9 Å². The molecule has 1 aliphatic rings. The summed E-state index contributed by atoms with van der Waals surface area (Å²) in [4.78, 5) is 27.3. The third kappa shape index (κ3) is 3.66. The molecule has 1 fully saturated rings. The highest BCUT2D eigenvalue weighted by molar-refractivity contribution is 6.32. The van der Waals surface area contributed by atoms with E-state index in [4.69, 9.17) is 4.74 Å². The van der Waals surface area contributed by atoms with Crippen molar-refractivity contribution in [1.82, 2.24) is 9.88 Å². The van der Waals surface area contributed by atoms with Crippen LogP contribution in [0.4, 0.5) is 13.2 Å². The van der Waals surface area contributed by atoms with E-state index in [1.54, 1.807) is 6.92 Å². The van der Waals surface area contributed by atoms with Crippen molar-refractivity contribution in [2.24, 2.45) is 0 Å². The minimum Gasteiger partial charge on any atom is -0.471 e. The van der Waals surface area contributed by atoms with Crippen molar-refractivity contribution in [3.8, 4) is 5.88 Å². The lowest BCUT2D eigenvalue weighted by Gasteiger charge is -2.37. The van der Waals surface area contributed by atoms with Crippen molar-refractivity contribution in [2.45, 2.75) is 19.2 Å². The van der Waals surface area contributed by atoms with Crippen LogP contribution in [0.2, 0.25) is 0 Å². The highest BCUT2D eigenvalue weighted by Gasteiger charge is 2.37. The zero-order chi connectivity index (χ0) is 16.3. The molecular weight excluding hydrogens is 305 g/mol. The molecular formula is C13H13F3N2O4. The number of carbonyl (C=O) groups is 2. The van der Waals surface area contributed by atoms with Gasteiger partial charge in [-0.05, 0) is 13.0 Å². The van der Waals surface area contributed by atoms with Crippen molar-refractivity contribution in [2.75, 3.05) is 19.7 Å². The van der Waals surface area contributed by atoms with Crippen LogP contribution < -0.4 is 4.74 Å². The Labute approximate surface area is 123 Å². The minimum atomic E-state index is -4.55. The van der Waals surface area contributed by atoms with E-state index in [0.717, 1.165) is 6.07 Å². The predicted octanol–water partition coefficient (Wildman–Crippen LogP) is 1.25. The topological polar surface area (TPSA) is 68.7 Å². The Bertz CT molecular complexity index is 571. The summed E-state index contributed by atoms with van der Waals surface area (Å²) >= 11 is 0. The van der Waals surface area contributed by atoms with Crippen molar-refractivity contribution in [1.29, 1.82) is 0 Å². The normalized spacial score (nSPS) is 15.2. The number of hydrogen-bond acceptors (Lipinski definition) is 5. The number of carbonyl (C=O) groups excluding carboxylic acids is 2. The number of nitrogens with zero attached hydrogens (tertiary/aromatic N) is 2. The minimum absolute atomic E-state index is 0.0898. The van der Waals surface area contributed by atoms with E-state index in [2.05, 4.69) is 9.72 Å². The average Bonchev–Trinajstić information content (AvgIpc) is 2.41. The molecule has 1 aliphatic heterocycles. The molecule has 1 amide bonds. The maximum atomic E-state index is 12.5. The van der Waals surface area contributed by atoms with Gasteiger partial charge in [-0.2, -0.15) is 13.2 Å². The molecule has 0 N–H and O–H groups in total. The van der Waals surface area contributed by atoms with E-state index in [1.807, 2.05) is 0 Å². The van der Waals surface area contributed by atoms with E-state index < -0.39 is 29.9 Å². The molecule has 1 saturated heterocycles. The lowest BCUT2D eigenvalue weighted by molar-refractivity contribution is -0.164. The molecule has 0 unspecified atom stereocenters. The fraction of sp³-hybridized carbons (Fsp3) is 0.462. The van der Waals surface area contributed by atoms with Crippen LogP contribution in [0.5, 0.6) is 5.88 Å². The van der Waals surface area contributed by atoms with E-state index in [9.17, 15) is 22.8 Å². The largest absolute Gasteiger partial charge is 0.471 e. The Morgan fingerprint density at radius 3 is 2.64 bits per heavy atom. The average molecular weight is 318 g/mol. The van der Waals surface area contributed by atoms with Crippen molar-refractivity contribution in [3.63, 3.8) is 0 Å². The van der Waals surface area contributed by atoms with Gasteiger partial charge >= 0.3 is 18.1 Å². The first kappa shape index (κ1) is 16.1. The first-order chi connectivity index (χ1) is 10.3. The second-order valence-corrected chi connectivity index (χ2v) is 4.53. The Kier molecular flexibility index (Phi) is 4.53. The summed E-state index contributed by atoms with van der Waals surface area (Å²) < 4.78 is 47.3. The highest BCUT2D eigenvalue weighted by Crippen LogP contribution is 2.29. The molecule has 0 atom stereocenters. The van der Waals surface area contributed by atoms with E-state index in [0.29, 0.717) is 0 Å². The maximum Gasteiger partial charge on any atom is 0.433 e. The Morgan fingerprint density at radius 2 is 2.05 bits per heavy atom. The number of hydrogen-bond donors (Lipinski definition) is 0. The van der Waals surface area contributed by atoms with Crippen molar-refractivity contribution >= 4 is 11.9 Å². The number of pyridine rings is 1. The van der Waals surface area contributed by atoms with Gasteiger partial charge in [0.15, 0.2) is 0 Å². The number of rotatable bonds is 3. The second kappa shape index (κ2) is 6.20. The molecule has 0 bridgehead atoms. The van der Waals surface area contributed by atoms with Gasteiger partial charge < -0.3 is 14.4 Å². The molecule has 1 aromatic rings. The van der Waals surface area contributed by atoms with Crippen LogP contribution in [-0.2, 0) is 20.5 Å². The fourth-order valence-corrected chi connectivity index (χ4v) is 1.81. The Balaban J connectivity index is 1.88. The van der Waals surface area contributed by atoms with Crippen LogP contribution in [0.25, 0.3) is 0 Å². The molecule has 0 saturated carbocycles. The molecule has 0 aromatic carbocycles. The number of amides is 1. The summed E-state index contributed by atoms with van der Waals surface area (Å²) in [7, 11) is 0. The van der Waals surface area contributed by atoms with E-state index in [1.165, 1.54) is 17.0 Å². The quantitative estimate of drug-likeness (QED) is 0.620. The third-order valence-corrected chi connectivity index (χ3v) is 2.89. The fourth-order valence-electron chi connectivity index (χ4n) is 1.81. The van der Waals surface area contributed by atoms with Gasteiger partial charge in [-0.15, -0.1) is 0 Å². The van der Waals surface area contributed by atoms with Crippen LogP contribution in [0, 0.1) is 0 Å². The molecule has 6 nitrogen and oxygen atoms in total. The van der Waals surface area contributed by atoms with Crippen LogP contribution >= 0.6 is 0 Å². The molecule has 0 aliphatic carbocycles. The van der Waals surface area contributed by atoms with Crippen LogP contribution in [-0.4, -0.2) is 47.6 Å². The first-order valence-electron chi connectivity index (χ1n) is 6.48. The summed E-state index contributed by atoms with van der Waals surface area (Å²) in [5, 5.41) is 0. The summed E-state index contributed by atoms with van der Waals surface area (Å²) in [5.41, 5.74) is -1.05.